The monoisotopic (exact) mass is 667 g/mol. The number of rotatable bonds is 29. The molecule has 0 fully saturated rings. The fraction of sp³-hybridized carbons (Fsp3) is 0.731. The number of ether oxygens (including phenoxy) is 4. The van der Waals surface area contributed by atoms with Crippen molar-refractivity contribution in [3.05, 3.63) is 0 Å². The van der Waals surface area contributed by atoms with Crippen molar-refractivity contribution in [2.24, 2.45) is 5.73 Å². The summed E-state index contributed by atoms with van der Waals surface area (Å²) in [6, 6.07) is -2.83. The second kappa shape index (κ2) is 26.8. The van der Waals surface area contributed by atoms with Crippen LogP contribution < -0.4 is 27.0 Å². The zero-order valence-corrected chi connectivity index (χ0v) is 26.0. The molecule has 0 aliphatic rings. The van der Waals surface area contributed by atoms with Gasteiger partial charge in [0.05, 0.1) is 39.6 Å². The van der Waals surface area contributed by atoms with E-state index in [1.807, 2.05) is 0 Å². The minimum Gasteiger partial charge on any atom is -0.480 e. The summed E-state index contributed by atoms with van der Waals surface area (Å²) in [5.41, 5.74) is 4.92. The average Bonchev–Trinajstić information content (AvgIpc) is 2.98. The Morgan fingerprint density at radius 1 is 0.600 bits per heavy atom. The molecule has 2 atom stereocenters. The molecule has 45 heavy (non-hydrogen) atoms. The quantitative estimate of drug-likeness (QED) is 0.0296. The van der Waals surface area contributed by atoms with Crippen LogP contribution in [-0.2, 0) is 52.5 Å². The van der Waals surface area contributed by atoms with Crippen molar-refractivity contribution in [3.63, 3.8) is 0 Å². The maximum Gasteiger partial charge on any atom is 0.326 e. The Bertz CT molecular complexity index is 941. The van der Waals surface area contributed by atoms with E-state index in [0.29, 0.717) is 25.1 Å². The van der Waals surface area contributed by atoms with Crippen molar-refractivity contribution in [3.8, 4) is 0 Å². The number of nitrogens with one attached hydrogen (secondary N) is 4. The molecule has 0 unspecified atom stereocenters. The number of carboxylic acid groups (broad SMARTS) is 2. The summed E-state index contributed by atoms with van der Waals surface area (Å²) in [6.07, 6.45) is -0.115. The number of hydrogen-bond donors (Lipinski definition) is 8. The van der Waals surface area contributed by atoms with Crippen LogP contribution in [0.5, 0.6) is 0 Å². The Balaban J connectivity index is 4.21. The number of aliphatic carboxylic acids is 2. The third-order valence-corrected chi connectivity index (χ3v) is 5.82. The van der Waals surface area contributed by atoms with Crippen LogP contribution in [-0.4, -0.2) is 135 Å². The zero-order chi connectivity index (χ0) is 33.9. The predicted octanol–water partition coefficient (Wildman–Crippen LogP) is -2.82. The van der Waals surface area contributed by atoms with Crippen molar-refractivity contribution in [1.82, 2.24) is 21.3 Å². The highest BCUT2D eigenvalue weighted by molar-refractivity contribution is 7.80. The maximum atomic E-state index is 12.3. The Kier molecular flexibility index (Phi) is 24.7. The molecule has 0 saturated heterocycles. The van der Waals surface area contributed by atoms with Gasteiger partial charge in [-0.2, -0.15) is 12.6 Å². The predicted molar refractivity (Wildman–Crippen MR) is 159 cm³/mol. The number of thiol groups is 1. The molecule has 8 N–H and O–H groups in total. The Morgan fingerprint density at radius 2 is 1.04 bits per heavy atom. The third-order valence-electron chi connectivity index (χ3n) is 5.51. The minimum atomic E-state index is -1.43. The van der Waals surface area contributed by atoms with Gasteiger partial charge in [0.2, 0.25) is 29.5 Å². The Labute approximate surface area is 266 Å². The van der Waals surface area contributed by atoms with Gasteiger partial charge in [0.1, 0.15) is 25.3 Å². The van der Waals surface area contributed by atoms with Crippen LogP contribution in [0.3, 0.4) is 0 Å². The lowest BCUT2D eigenvalue weighted by Crippen LogP contribution is -2.45. The van der Waals surface area contributed by atoms with Gasteiger partial charge >= 0.3 is 11.9 Å². The number of carbonyl (C=O) groups is 7. The van der Waals surface area contributed by atoms with Crippen LogP contribution in [0.4, 0.5) is 0 Å². The molecule has 19 heteroatoms. The largest absolute Gasteiger partial charge is 0.480 e. The lowest BCUT2D eigenvalue weighted by atomic mass is 10.1. The van der Waals surface area contributed by atoms with Crippen LogP contribution >= 0.6 is 12.6 Å². The van der Waals surface area contributed by atoms with Crippen LogP contribution in [0.15, 0.2) is 0 Å². The standard InChI is InChI=1S/C26H45N5O13S/c27-20(32)16-43-13-11-41-10-8-29-22(34)5-3-18(25(37)38)30-23(35)6-4-19(26(39)40)31-24(36)17-44-14-12-42-9-7-28-21(33)2-1-15-45/h18-19,45H,1-17H2,(H2,27,32)(H,28,33)(H,29,34)(H,30,35)(H,31,36)(H,37,38)(H,39,40)/t18-,19+/m1/s1. The van der Waals surface area contributed by atoms with Crippen molar-refractivity contribution in [2.45, 2.75) is 50.6 Å². The lowest BCUT2D eigenvalue weighted by Gasteiger charge is -2.17. The van der Waals surface area contributed by atoms with Crippen LogP contribution in [0, 0.1) is 0 Å². The van der Waals surface area contributed by atoms with E-state index in [4.69, 9.17) is 24.7 Å². The molecular weight excluding hydrogens is 622 g/mol. The van der Waals surface area contributed by atoms with E-state index in [1.165, 1.54) is 0 Å². The summed E-state index contributed by atoms with van der Waals surface area (Å²) in [5, 5.41) is 28.4. The SMILES string of the molecule is NC(=O)COCCOCCNC(=O)CC[C@@H](NC(=O)CC[C@H](NC(=O)COCCOCCNC(=O)CCCS)C(=O)O)C(=O)O. The summed E-state index contributed by atoms with van der Waals surface area (Å²) < 4.78 is 20.5. The molecule has 0 aromatic carbocycles. The minimum absolute atomic E-state index is 0.0403. The van der Waals surface area contributed by atoms with E-state index in [1.54, 1.807) is 0 Å². The van der Waals surface area contributed by atoms with Gasteiger partial charge in [-0.05, 0) is 25.0 Å². The van der Waals surface area contributed by atoms with E-state index in [0.717, 1.165) is 0 Å². The van der Waals surface area contributed by atoms with Gasteiger partial charge in [-0.25, -0.2) is 9.59 Å². The molecule has 0 aromatic heterocycles. The van der Waals surface area contributed by atoms with Gasteiger partial charge in [0.25, 0.3) is 0 Å². The third kappa shape index (κ3) is 25.5. The summed E-state index contributed by atoms with van der Waals surface area (Å²) in [4.78, 5) is 81.3. The number of carboxylic acids is 2. The van der Waals surface area contributed by atoms with Crippen LogP contribution in [0.1, 0.15) is 38.5 Å². The number of hydrogen-bond acceptors (Lipinski definition) is 12. The first-order valence-electron chi connectivity index (χ1n) is 14.2. The molecule has 0 aliphatic carbocycles. The normalized spacial score (nSPS) is 12.0. The molecule has 5 amide bonds. The first-order chi connectivity index (χ1) is 21.5. The maximum absolute atomic E-state index is 12.3. The first-order valence-corrected chi connectivity index (χ1v) is 14.9. The molecule has 0 aromatic rings. The van der Waals surface area contributed by atoms with Gasteiger partial charge < -0.3 is 56.2 Å². The molecule has 0 aliphatic heterocycles. The number of nitrogens with two attached hydrogens (primary N) is 1. The van der Waals surface area contributed by atoms with E-state index in [-0.39, 0.29) is 78.0 Å². The Morgan fingerprint density at radius 3 is 1.53 bits per heavy atom. The number of primary amides is 1. The van der Waals surface area contributed by atoms with Crippen LogP contribution in [0.2, 0.25) is 0 Å². The summed E-state index contributed by atoms with van der Waals surface area (Å²) in [6.45, 7) is 0.655. The van der Waals surface area contributed by atoms with Gasteiger partial charge in [-0.1, -0.05) is 0 Å². The van der Waals surface area contributed by atoms with Gasteiger partial charge in [-0.3, -0.25) is 24.0 Å². The summed E-state index contributed by atoms with van der Waals surface area (Å²) in [5.74, 6) is -4.86. The highest BCUT2D eigenvalue weighted by Gasteiger charge is 2.24. The zero-order valence-electron chi connectivity index (χ0n) is 25.1. The van der Waals surface area contributed by atoms with Crippen molar-refractivity contribution >= 4 is 54.1 Å². The molecule has 18 nitrogen and oxygen atoms in total. The average molecular weight is 668 g/mol. The molecule has 258 valence electrons. The lowest BCUT2D eigenvalue weighted by molar-refractivity contribution is -0.144. The molecule has 0 rings (SSSR count). The summed E-state index contributed by atoms with van der Waals surface area (Å²) >= 11 is 4.03. The van der Waals surface area contributed by atoms with Crippen LogP contribution in [0.25, 0.3) is 0 Å². The van der Waals surface area contributed by atoms with E-state index in [9.17, 15) is 43.8 Å². The molecule has 0 heterocycles. The second-order valence-electron chi connectivity index (χ2n) is 9.32. The van der Waals surface area contributed by atoms with Gasteiger partial charge in [0, 0.05) is 32.4 Å². The number of carbonyl (C=O) groups excluding carboxylic acids is 5. The molecular formula is C26H45N5O13S. The topological polar surface area (TPSA) is 271 Å². The molecule has 0 spiro atoms. The molecule has 0 radical (unpaired) electrons. The highest BCUT2D eigenvalue weighted by atomic mass is 32.1. The second-order valence-corrected chi connectivity index (χ2v) is 9.76. The van der Waals surface area contributed by atoms with Crippen molar-refractivity contribution < 1.29 is 62.7 Å². The summed E-state index contributed by atoms with van der Waals surface area (Å²) in [7, 11) is 0. The van der Waals surface area contributed by atoms with E-state index in [2.05, 4.69) is 33.9 Å². The van der Waals surface area contributed by atoms with Gasteiger partial charge in [0.15, 0.2) is 0 Å². The smallest absolute Gasteiger partial charge is 0.326 e. The van der Waals surface area contributed by atoms with E-state index < -0.39 is 60.7 Å². The highest BCUT2D eigenvalue weighted by Crippen LogP contribution is 2.03. The fourth-order valence-corrected chi connectivity index (χ4v) is 3.45. The van der Waals surface area contributed by atoms with Gasteiger partial charge in [-0.15, -0.1) is 0 Å². The molecule has 0 saturated carbocycles. The van der Waals surface area contributed by atoms with Crippen molar-refractivity contribution in [2.75, 3.05) is 71.7 Å². The number of amides is 5. The van der Waals surface area contributed by atoms with Crippen molar-refractivity contribution in [1.29, 1.82) is 0 Å². The fourth-order valence-electron chi connectivity index (χ4n) is 3.29. The van der Waals surface area contributed by atoms with E-state index >= 15 is 0 Å². The first kappa shape index (κ1) is 41.5. The Hall–Kier alpha value is -3.52. The molecule has 0 bridgehead atoms.